The summed E-state index contributed by atoms with van der Waals surface area (Å²) < 4.78 is 5.21. The van der Waals surface area contributed by atoms with Crippen molar-refractivity contribution in [2.45, 2.75) is 53.0 Å². The summed E-state index contributed by atoms with van der Waals surface area (Å²) in [6.45, 7) is 14.7. The SMILES string of the molecule is CCCNC1C(CN(CC)CCOC)CCC1(C)C. The van der Waals surface area contributed by atoms with Crippen molar-refractivity contribution in [3.8, 4) is 0 Å². The summed E-state index contributed by atoms with van der Waals surface area (Å²) in [5.74, 6) is 0.790. The number of ether oxygens (including phenoxy) is 1. The highest BCUT2D eigenvalue weighted by Crippen LogP contribution is 2.41. The van der Waals surface area contributed by atoms with E-state index in [2.05, 4.69) is 37.9 Å². The number of likely N-dealkylation sites (N-methyl/N-ethyl adjacent to an activating group) is 1. The summed E-state index contributed by atoms with van der Waals surface area (Å²) in [6, 6.07) is 0.670. The van der Waals surface area contributed by atoms with Gasteiger partial charge in [0.05, 0.1) is 6.61 Å². The van der Waals surface area contributed by atoms with E-state index in [-0.39, 0.29) is 0 Å². The third-order valence-corrected chi connectivity index (χ3v) is 4.64. The molecule has 0 radical (unpaired) electrons. The van der Waals surface area contributed by atoms with Gasteiger partial charge in [0.25, 0.3) is 0 Å². The van der Waals surface area contributed by atoms with Crippen LogP contribution in [-0.2, 0) is 4.74 Å². The monoisotopic (exact) mass is 270 g/mol. The van der Waals surface area contributed by atoms with Gasteiger partial charge in [-0.25, -0.2) is 0 Å². The number of nitrogens with zero attached hydrogens (tertiary/aromatic N) is 1. The fourth-order valence-electron chi connectivity index (χ4n) is 3.39. The fraction of sp³-hybridized carbons (Fsp3) is 1.00. The summed E-state index contributed by atoms with van der Waals surface area (Å²) in [4.78, 5) is 2.54. The highest BCUT2D eigenvalue weighted by atomic mass is 16.5. The quantitative estimate of drug-likeness (QED) is 0.697. The van der Waals surface area contributed by atoms with E-state index in [0.717, 1.165) is 32.2 Å². The lowest BCUT2D eigenvalue weighted by Crippen LogP contribution is -2.46. The number of hydrogen-bond donors (Lipinski definition) is 1. The van der Waals surface area contributed by atoms with Crippen molar-refractivity contribution in [2.75, 3.05) is 39.9 Å². The van der Waals surface area contributed by atoms with E-state index in [1.165, 1.54) is 25.8 Å². The minimum absolute atomic E-state index is 0.445. The summed E-state index contributed by atoms with van der Waals surface area (Å²) >= 11 is 0. The van der Waals surface area contributed by atoms with Gasteiger partial charge in [0.15, 0.2) is 0 Å². The van der Waals surface area contributed by atoms with Gasteiger partial charge in [-0.1, -0.05) is 27.7 Å². The van der Waals surface area contributed by atoms with Crippen LogP contribution in [0.3, 0.4) is 0 Å². The molecule has 0 spiro atoms. The molecule has 0 aromatic rings. The number of hydrogen-bond acceptors (Lipinski definition) is 3. The molecular weight excluding hydrogens is 236 g/mol. The van der Waals surface area contributed by atoms with Crippen molar-refractivity contribution in [1.29, 1.82) is 0 Å². The zero-order valence-electron chi connectivity index (χ0n) is 13.7. The Bertz CT molecular complexity index is 243. The molecule has 1 fully saturated rings. The first-order valence-electron chi connectivity index (χ1n) is 7.99. The Balaban J connectivity index is 2.54. The number of nitrogens with one attached hydrogen (secondary N) is 1. The molecule has 0 amide bonds. The molecule has 1 aliphatic carbocycles. The van der Waals surface area contributed by atoms with Crippen molar-refractivity contribution >= 4 is 0 Å². The first-order chi connectivity index (χ1) is 9.05. The molecule has 1 aliphatic rings. The van der Waals surface area contributed by atoms with E-state index >= 15 is 0 Å². The Hall–Kier alpha value is -0.120. The third kappa shape index (κ3) is 5.05. The molecule has 2 unspecified atom stereocenters. The van der Waals surface area contributed by atoms with E-state index in [1.807, 2.05) is 0 Å². The van der Waals surface area contributed by atoms with Gasteiger partial charge in [0, 0.05) is 26.2 Å². The van der Waals surface area contributed by atoms with E-state index in [4.69, 9.17) is 4.74 Å². The second-order valence-electron chi connectivity index (χ2n) is 6.61. The van der Waals surface area contributed by atoms with Crippen LogP contribution in [0, 0.1) is 11.3 Å². The first-order valence-corrected chi connectivity index (χ1v) is 7.99. The molecule has 1 N–H and O–H groups in total. The molecule has 0 heterocycles. The summed E-state index contributed by atoms with van der Waals surface area (Å²) in [5.41, 5.74) is 0.445. The Morgan fingerprint density at radius 1 is 1.32 bits per heavy atom. The molecule has 3 nitrogen and oxygen atoms in total. The number of methoxy groups -OCH3 is 1. The largest absolute Gasteiger partial charge is 0.383 e. The average Bonchev–Trinajstić information content (AvgIpc) is 2.67. The zero-order chi connectivity index (χ0) is 14.3. The summed E-state index contributed by atoms with van der Waals surface area (Å²) in [7, 11) is 1.79. The van der Waals surface area contributed by atoms with Gasteiger partial charge in [0.1, 0.15) is 0 Å². The maximum Gasteiger partial charge on any atom is 0.0589 e. The van der Waals surface area contributed by atoms with Gasteiger partial charge in [-0.2, -0.15) is 0 Å². The van der Waals surface area contributed by atoms with E-state index in [9.17, 15) is 0 Å². The van der Waals surface area contributed by atoms with Crippen molar-refractivity contribution in [1.82, 2.24) is 10.2 Å². The minimum Gasteiger partial charge on any atom is -0.383 e. The van der Waals surface area contributed by atoms with Crippen LogP contribution in [0.2, 0.25) is 0 Å². The van der Waals surface area contributed by atoms with Crippen molar-refractivity contribution in [3.05, 3.63) is 0 Å². The topological polar surface area (TPSA) is 24.5 Å². The average molecular weight is 270 g/mol. The maximum absolute atomic E-state index is 5.21. The lowest BCUT2D eigenvalue weighted by molar-refractivity contribution is 0.130. The third-order valence-electron chi connectivity index (χ3n) is 4.64. The molecule has 1 saturated carbocycles. The molecule has 3 heteroatoms. The standard InChI is InChI=1S/C16H34N2O/c1-6-10-17-15-14(8-9-16(15,3)4)13-18(7-2)11-12-19-5/h14-15,17H,6-13H2,1-5H3. The zero-order valence-corrected chi connectivity index (χ0v) is 13.7. The molecule has 114 valence electrons. The van der Waals surface area contributed by atoms with Gasteiger partial charge in [-0.05, 0) is 43.7 Å². The molecule has 0 saturated heterocycles. The van der Waals surface area contributed by atoms with Crippen LogP contribution >= 0.6 is 0 Å². The molecular formula is C16H34N2O. The summed E-state index contributed by atoms with van der Waals surface area (Å²) in [5, 5.41) is 3.80. The molecule has 0 aliphatic heterocycles. The van der Waals surface area contributed by atoms with Crippen LogP contribution in [0.5, 0.6) is 0 Å². The molecule has 2 atom stereocenters. The molecule has 0 aromatic carbocycles. The highest BCUT2D eigenvalue weighted by Gasteiger charge is 2.41. The predicted octanol–water partition coefficient (Wildman–Crippen LogP) is 2.76. The highest BCUT2D eigenvalue weighted by molar-refractivity contribution is 4.97. The van der Waals surface area contributed by atoms with Crippen LogP contribution in [0.1, 0.15) is 47.0 Å². The van der Waals surface area contributed by atoms with Crippen molar-refractivity contribution < 1.29 is 4.74 Å². The molecule has 1 rings (SSSR count). The van der Waals surface area contributed by atoms with E-state index in [1.54, 1.807) is 7.11 Å². The molecule has 19 heavy (non-hydrogen) atoms. The van der Waals surface area contributed by atoms with Crippen LogP contribution in [-0.4, -0.2) is 50.8 Å². The lowest BCUT2D eigenvalue weighted by Gasteiger charge is -2.34. The minimum atomic E-state index is 0.445. The Labute approximate surface area is 120 Å². The second-order valence-corrected chi connectivity index (χ2v) is 6.61. The van der Waals surface area contributed by atoms with Crippen LogP contribution in [0.4, 0.5) is 0 Å². The summed E-state index contributed by atoms with van der Waals surface area (Å²) in [6.07, 6.45) is 3.93. The van der Waals surface area contributed by atoms with E-state index in [0.29, 0.717) is 11.5 Å². The Kier molecular flexibility index (Phi) is 7.33. The molecule has 0 bridgehead atoms. The predicted molar refractivity (Wildman–Crippen MR) is 82.6 cm³/mol. The van der Waals surface area contributed by atoms with Gasteiger partial charge >= 0.3 is 0 Å². The smallest absolute Gasteiger partial charge is 0.0589 e. The van der Waals surface area contributed by atoms with Crippen molar-refractivity contribution in [2.24, 2.45) is 11.3 Å². The van der Waals surface area contributed by atoms with Crippen molar-refractivity contribution in [3.63, 3.8) is 0 Å². The van der Waals surface area contributed by atoms with E-state index < -0.39 is 0 Å². The number of rotatable bonds is 9. The van der Waals surface area contributed by atoms with Gasteiger partial charge in [0.2, 0.25) is 0 Å². The normalized spacial score (nSPS) is 26.2. The van der Waals surface area contributed by atoms with Crippen LogP contribution < -0.4 is 5.32 Å². The first kappa shape index (κ1) is 16.9. The Morgan fingerprint density at radius 2 is 2.05 bits per heavy atom. The van der Waals surface area contributed by atoms with Crippen LogP contribution in [0.25, 0.3) is 0 Å². The maximum atomic E-state index is 5.21. The van der Waals surface area contributed by atoms with Gasteiger partial charge in [-0.3, -0.25) is 0 Å². The fourth-order valence-corrected chi connectivity index (χ4v) is 3.39. The second kappa shape index (κ2) is 8.23. The molecule has 0 aromatic heterocycles. The van der Waals surface area contributed by atoms with Gasteiger partial charge in [-0.15, -0.1) is 0 Å². The van der Waals surface area contributed by atoms with Crippen LogP contribution in [0.15, 0.2) is 0 Å². The lowest BCUT2D eigenvalue weighted by atomic mass is 9.84. The Morgan fingerprint density at radius 3 is 2.63 bits per heavy atom. The van der Waals surface area contributed by atoms with Gasteiger partial charge < -0.3 is 15.0 Å².